The summed E-state index contributed by atoms with van der Waals surface area (Å²) in [6.45, 7) is 1.26. The van der Waals surface area contributed by atoms with E-state index in [1.165, 1.54) is 12.1 Å². The van der Waals surface area contributed by atoms with E-state index in [4.69, 9.17) is 5.73 Å². The molecule has 1 fully saturated rings. The largest absolute Gasteiger partial charge is 0.397 e. The Morgan fingerprint density at radius 3 is 2.81 bits per heavy atom. The van der Waals surface area contributed by atoms with E-state index >= 15 is 0 Å². The van der Waals surface area contributed by atoms with E-state index in [0.29, 0.717) is 18.7 Å². The molecule has 16 heavy (non-hydrogen) atoms. The predicted octanol–water partition coefficient (Wildman–Crippen LogP) is 0.748. The molecular weight excluding hydrogens is 210 g/mol. The Bertz CT molecular complexity index is 422. The summed E-state index contributed by atoms with van der Waals surface area (Å²) < 4.78 is 0. The van der Waals surface area contributed by atoms with Crippen molar-refractivity contribution in [2.45, 2.75) is 12.5 Å². The van der Waals surface area contributed by atoms with Crippen LogP contribution in [0.3, 0.4) is 0 Å². The Balaban J connectivity index is 2.26. The van der Waals surface area contributed by atoms with E-state index in [0.717, 1.165) is 12.2 Å². The zero-order chi connectivity index (χ0) is 11.7. The molecule has 1 aliphatic rings. The second-order valence-electron chi connectivity index (χ2n) is 3.89. The van der Waals surface area contributed by atoms with Gasteiger partial charge in [-0.25, -0.2) is 0 Å². The van der Waals surface area contributed by atoms with Crippen LogP contribution in [0, 0.1) is 10.1 Å². The molecule has 0 aromatic heterocycles. The molecule has 1 atom stereocenters. The van der Waals surface area contributed by atoms with E-state index in [-0.39, 0.29) is 11.8 Å². The molecule has 2 rings (SSSR count). The number of nitrogens with two attached hydrogens (primary N) is 1. The van der Waals surface area contributed by atoms with Gasteiger partial charge in [-0.05, 0) is 12.5 Å². The molecule has 3 N–H and O–H groups in total. The van der Waals surface area contributed by atoms with Crippen molar-refractivity contribution >= 4 is 17.1 Å². The van der Waals surface area contributed by atoms with E-state index in [1.54, 1.807) is 6.07 Å². The molecule has 1 aliphatic heterocycles. The van der Waals surface area contributed by atoms with Crippen LogP contribution < -0.4 is 10.6 Å². The number of benzene rings is 1. The molecule has 0 radical (unpaired) electrons. The Labute approximate surface area is 92.4 Å². The van der Waals surface area contributed by atoms with Gasteiger partial charge in [-0.15, -0.1) is 0 Å². The second-order valence-corrected chi connectivity index (χ2v) is 3.89. The maximum Gasteiger partial charge on any atom is 0.271 e. The molecule has 0 saturated carbocycles. The van der Waals surface area contributed by atoms with Crippen molar-refractivity contribution in [1.82, 2.24) is 0 Å². The normalized spacial score (nSPS) is 20.1. The quantitative estimate of drug-likeness (QED) is 0.438. The van der Waals surface area contributed by atoms with Gasteiger partial charge in [0.05, 0.1) is 22.4 Å². The van der Waals surface area contributed by atoms with Gasteiger partial charge in [0.2, 0.25) is 0 Å². The molecule has 1 saturated heterocycles. The fourth-order valence-corrected chi connectivity index (χ4v) is 1.90. The van der Waals surface area contributed by atoms with Crippen molar-refractivity contribution in [3.63, 3.8) is 0 Å². The van der Waals surface area contributed by atoms with Crippen molar-refractivity contribution in [3.05, 3.63) is 28.3 Å². The molecule has 0 aliphatic carbocycles. The fourth-order valence-electron chi connectivity index (χ4n) is 1.90. The zero-order valence-electron chi connectivity index (χ0n) is 8.67. The number of hydrogen-bond donors (Lipinski definition) is 2. The summed E-state index contributed by atoms with van der Waals surface area (Å²) >= 11 is 0. The van der Waals surface area contributed by atoms with Crippen molar-refractivity contribution in [3.8, 4) is 0 Å². The predicted molar refractivity (Wildman–Crippen MR) is 60.3 cm³/mol. The highest BCUT2D eigenvalue weighted by molar-refractivity contribution is 5.71. The Morgan fingerprint density at radius 1 is 1.56 bits per heavy atom. The number of nitro benzene ring substituents is 1. The van der Waals surface area contributed by atoms with Crippen LogP contribution in [0.4, 0.5) is 17.1 Å². The van der Waals surface area contributed by atoms with Gasteiger partial charge in [0, 0.05) is 25.2 Å². The van der Waals surface area contributed by atoms with Crippen molar-refractivity contribution in [1.29, 1.82) is 0 Å². The minimum atomic E-state index is -0.473. The third-order valence-electron chi connectivity index (χ3n) is 2.73. The number of rotatable bonds is 2. The molecule has 1 aromatic rings. The Kier molecular flexibility index (Phi) is 2.66. The van der Waals surface area contributed by atoms with Gasteiger partial charge in [-0.1, -0.05) is 0 Å². The fraction of sp³-hybridized carbons (Fsp3) is 0.400. The first-order chi connectivity index (χ1) is 7.58. The van der Waals surface area contributed by atoms with Crippen LogP contribution in [0.25, 0.3) is 0 Å². The lowest BCUT2D eigenvalue weighted by Gasteiger charge is -2.19. The van der Waals surface area contributed by atoms with Crippen LogP contribution in [0.15, 0.2) is 18.2 Å². The van der Waals surface area contributed by atoms with Gasteiger partial charge < -0.3 is 15.7 Å². The molecule has 6 heteroatoms. The second kappa shape index (κ2) is 3.97. The van der Waals surface area contributed by atoms with E-state index in [1.807, 2.05) is 4.90 Å². The van der Waals surface area contributed by atoms with Crippen molar-refractivity contribution < 1.29 is 10.0 Å². The number of nitro groups is 1. The van der Waals surface area contributed by atoms with Gasteiger partial charge in [0.25, 0.3) is 5.69 Å². The van der Waals surface area contributed by atoms with Crippen LogP contribution in [-0.2, 0) is 0 Å². The molecule has 1 aromatic carbocycles. The maximum absolute atomic E-state index is 10.5. The molecular formula is C10H13N3O3. The summed E-state index contributed by atoms with van der Waals surface area (Å²) in [6.07, 6.45) is 0.366. The topological polar surface area (TPSA) is 92.6 Å². The SMILES string of the molecule is Nc1cc([N+](=O)[O-])ccc1N1CCC(O)C1. The number of β-amino-alcohol motifs (C(OH)–C–C–N with tert-alkyl or cyclic N) is 1. The first kappa shape index (κ1) is 10.7. The average molecular weight is 223 g/mol. The summed E-state index contributed by atoms with van der Waals surface area (Å²) in [6, 6.07) is 4.40. The molecule has 0 bridgehead atoms. The van der Waals surface area contributed by atoms with E-state index in [9.17, 15) is 15.2 Å². The minimum absolute atomic E-state index is 0.0130. The lowest BCUT2D eigenvalue weighted by Crippen LogP contribution is -2.22. The summed E-state index contributed by atoms with van der Waals surface area (Å²) in [5.41, 5.74) is 6.87. The summed E-state index contributed by atoms with van der Waals surface area (Å²) in [5, 5.41) is 19.9. The van der Waals surface area contributed by atoms with Crippen LogP contribution in [-0.4, -0.2) is 29.2 Å². The van der Waals surface area contributed by atoms with Crippen molar-refractivity contribution in [2.24, 2.45) is 0 Å². The summed E-state index contributed by atoms with van der Waals surface area (Å²) in [4.78, 5) is 12.0. The standard InChI is InChI=1S/C10H13N3O3/c11-9-5-7(13(15)16)1-2-10(9)12-4-3-8(14)6-12/h1-2,5,8,14H,3-4,6,11H2. The highest BCUT2D eigenvalue weighted by Gasteiger charge is 2.22. The maximum atomic E-state index is 10.5. The third-order valence-corrected chi connectivity index (χ3v) is 2.73. The van der Waals surface area contributed by atoms with Gasteiger partial charge in [-0.3, -0.25) is 10.1 Å². The molecule has 86 valence electrons. The summed E-state index contributed by atoms with van der Waals surface area (Å²) in [7, 11) is 0. The molecule has 0 amide bonds. The first-order valence-electron chi connectivity index (χ1n) is 5.05. The third kappa shape index (κ3) is 1.92. The Hall–Kier alpha value is -1.82. The number of nitrogen functional groups attached to an aromatic ring is 1. The number of aliphatic hydroxyl groups is 1. The lowest BCUT2D eigenvalue weighted by molar-refractivity contribution is -0.384. The number of nitrogens with zero attached hydrogens (tertiary/aromatic N) is 2. The summed E-state index contributed by atoms with van der Waals surface area (Å²) in [5.74, 6) is 0. The highest BCUT2D eigenvalue weighted by Crippen LogP contribution is 2.29. The smallest absolute Gasteiger partial charge is 0.271 e. The first-order valence-corrected chi connectivity index (χ1v) is 5.05. The van der Waals surface area contributed by atoms with Crippen LogP contribution in [0.2, 0.25) is 0 Å². The van der Waals surface area contributed by atoms with E-state index < -0.39 is 4.92 Å². The zero-order valence-corrected chi connectivity index (χ0v) is 8.67. The van der Waals surface area contributed by atoms with Gasteiger partial charge in [0.15, 0.2) is 0 Å². The molecule has 1 unspecified atom stereocenters. The van der Waals surface area contributed by atoms with Crippen molar-refractivity contribution in [2.75, 3.05) is 23.7 Å². The lowest BCUT2D eigenvalue weighted by atomic mass is 10.2. The van der Waals surface area contributed by atoms with E-state index in [2.05, 4.69) is 0 Å². The monoisotopic (exact) mass is 223 g/mol. The van der Waals surface area contributed by atoms with Gasteiger partial charge >= 0.3 is 0 Å². The average Bonchev–Trinajstić information content (AvgIpc) is 2.64. The number of aliphatic hydroxyl groups excluding tert-OH is 1. The molecule has 6 nitrogen and oxygen atoms in total. The molecule has 1 heterocycles. The van der Waals surface area contributed by atoms with Crippen LogP contribution in [0.1, 0.15) is 6.42 Å². The van der Waals surface area contributed by atoms with Gasteiger partial charge in [-0.2, -0.15) is 0 Å². The van der Waals surface area contributed by atoms with Crippen LogP contribution >= 0.6 is 0 Å². The molecule has 0 spiro atoms. The minimum Gasteiger partial charge on any atom is -0.397 e. The Morgan fingerprint density at radius 2 is 2.31 bits per heavy atom. The highest BCUT2D eigenvalue weighted by atomic mass is 16.6. The van der Waals surface area contributed by atoms with Gasteiger partial charge in [0.1, 0.15) is 0 Å². The number of anilines is 2. The number of hydrogen-bond acceptors (Lipinski definition) is 5. The number of non-ortho nitro benzene ring substituents is 1. The van der Waals surface area contributed by atoms with Crippen LogP contribution in [0.5, 0.6) is 0 Å².